The van der Waals surface area contributed by atoms with Crippen LogP contribution < -0.4 is 15.4 Å². The van der Waals surface area contributed by atoms with E-state index in [4.69, 9.17) is 21.1 Å². The lowest BCUT2D eigenvalue weighted by atomic mass is 9.88. The van der Waals surface area contributed by atoms with Gasteiger partial charge in [0.1, 0.15) is 5.75 Å². The third kappa shape index (κ3) is 4.80. The molecule has 2 saturated heterocycles. The van der Waals surface area contributed by atoms with E-state index in [0.29, 0.717) is 16.8 Å². The zero-order valence-corrected chi connectivity index (χ0v) is 17.1. The first-order chi connectivity index (χ1) is 14.1. The average molecular weight is 417 g/mol. The van der Waals surface area contributed by atoms with Crippen LogP contribution in [0.15, 0.2) is 42.6 Å². The first kappa shape index (κ1) is 19.9. The second kappa shape index (κ2) is 8.98. The van der Waals surface area contributed by atoms with Gasteiger partial charge in [0, 0.05) is 41.5 Å². The molecule has 4 rings (SSSR count). The number of pyridine rings is 1. The maximum Gasteiger partial charge on any atom is 0.319 e. The van der Waals surface area contributed by atoms with Crippen molar-refractivity contribution in [3.8, 4) is 5.75 Å². The number of amides is 2. The number of anilines is 1. The summed E-state index contributed by atoms with van der Waals surface area (Å²) in [6.45, 7) is 3.31. The molecule has 154 valence electrons. The SMILES string of the molecule is COc1ccc([C@@H]2CN(C3COC3)CC[C@H]2NC(=O)Nc2ccc(Cl)cc2)nc1. The standard InChI is InChI=1S/C21H25ClN4O3/c1-28-17-6-7-19(23-10-17)18-11-26(16-12-29-13-16)9-8-20(18)25-21(27)24-15-4-2-14(22)3-5-15/h2-7,10,16,18,20H,8-9,11-13H2,1H3,(H2,24,25,27)/t18-,20+/m0/s1. The van der Waals surface area contributed by atoms with Gasteiger partial charge in [0.25, 0.3) is 0 Å². The molecular formula is C21H25ClN4O3. The smallest absolute Gasteiger partial charge is 0.319 e. The van der Waals surface area contributed by atoms with Gasteiger partial charge in [0.05, 0.1) is 32.6 Å². The molecule has 2 aliphatic rings. The van der Waals surface area contributed by atoms with E-state index in [1.165, 1.54) is 0 Å². The zero-order chi connectivity index (χ0) is 20.2. The van der Waals surface area contributed by atoms with Crippen molar-refractivity contribution in [2.45, 2.75) is 24.4 Å². The van der Waals surface area contributed by atoms with Crippen LogP contribution in [0.1, 0.15) is 18.0 Å². The quantitative estimate of drug-likeness (QED) is 0.783. The number of hydrogen-bond donors (Lipinski definition) is 2. The molecular weight excluding hydrogens is 392 g/mol. The van der Waals surface area contributed by atoms with Crippen LogP contribution in [-0.2, 0) is 4.74 Å². The van der Waals surface area contributed by atoms with Gasteiger partial charge in [-0.3, -0.25) is 9.88 Å². The first-order valence-electron chi connectivity index (χ1n) is 9.77. The Morgan fingerprint density at radius 3 is 2.66 bits per heavy atom. The lowest BCUT2D eigenvalue weighted by molar-refractivity contribution is -0.0744. The fourth-order valence-electron chi connectivity index (χ4n) is 3.82. The summed E-state index contributed by atoms with van der Waals surface area (Å²) in [7, 11) is 1.63. The predicted molar refractivity (Wildman–Crippen MR) is 112 cm³/mol. The van der Waals surface area contributed by atoms with Gasteiger partial charge >= 0.3 is 6.03 Å². The topological polar surface area (TPSA) is 75.7 Å². The van der Waals surface area contributed by atoms with Gasteiger partial charge < -0.3 is 20.1 Å². The molecule has 2 aromatic rings. The molecule has 0 radical (unpaired) electrons. The summed E-state index contributed by atoms with van der Waals surface area (Å²) >= 11 is 5.91. The second-order valence-corrected chi connectivity index (χ2v) is 7.85. The molecule has 2 aliphatic heterocycles. The lowest BCUT2D eigenvalue weighted by Gasteiger charge is -2.44. The number of nitrogens with zero attached hydrogens (tertiary/aromatic N) is 2. The van der Waals surface area contributed by atoms with E-state index in [1.807, 2.05) is 12.1 Å². The molecule has 2 fully saturated rings. The minimum absolute atomic E-state index is 0.0135. The average Bonchev–Trinajstić information content (AvgIpc) is 2.69. The Hall–Kier alpha value is -2.35. The summed E-state index contributed by atoms with van der Waals surface area (Å²) < 4.78 is 10.6. The van der Waals surface area contributed by atoms with E-state index in [-0.39, 0.29) is 18.0 Å². The Balaban J connectivity index is 1.46. The van der Waals surface area contributed by atoms with Crippen molar-refractivity contribution >= 4 is 23.3 Å². The Bertz CT molecular complexity index is 827. The molecule has 0 bridgehead atoms. The van der Waals surface area contributed by atoms with Crippen LogP contribution in [-0.4, -0.2) is 61.4 Å². The number of urea groups is 1. The normalized spacial score (nSPS) is 22.6. The summed E-state index contributed by atoms with van der Waals surface area (Å²) in [5.74, 6) is 0.810. The molecule has 3 heterocycles. The Morgan fingerprint density at radius 2 is 2.03 bits per heavy atom. The van der Waals surface area contributed by atoms with Crippen molar-refractivity contribution in [3.05, 3.63) is 53.3 Å². The number of hydrogen-bond acceptors (Lipinski definition) is 5. The summed E-state index contributed by atoms with van der Waals surface area (Å²) in [4.78, 5) is 19.6. The molecule has 0 unspecified atom stereocenters. The largest absolute Gasteiger partial charge is 0.495 e. The van der Waals surface area contributed by atoms with Crippen LogP contribution in [0.25, 0.3) is 0 Å². The molecule has 0 aliphatic carbocycles. The van der Waals surface area contributed by atoms with Crippen molar-refractivity contribution < 1.29 is 14.3 Å². The molecule has 7 nitrogen and oxygen atoms in total. The number of nitrogens with one attached hydrogen (secondary N) is 2. The van der Waals surface area contributed by atoms with E-state index in [9.17, 15) is 4.79 Å². The number of ether oxygens (including phenoxy) is 2. The van der Waals surface area contributed by atoms with E-state index in [1.54, 1.807) is 37.6 Å². The molecule has 29 heavy (non-hydrogen) atoms. The number of halogens is 1. The van der Waals surface area contributed by atoms with Gasteiger partial charge in [0.15, 0.2) is 0 Å². The van der Waals surface area contributed by atoms with Crippen LogP contribution >= 0.6 is 11.6 Å². The number of benzene rings is 1. The number of piperidine rings is 1. The minimum Gasteiger partial charge on any atom is -0.495 e. The summed E-state index contributed by atoms with van der Waals surface area (Å²) in [6.07, 6.45) is 2.58. The van der Waals surface area contributed by atoms with Crippen LogP contribution in [0, 0.1) is 0 Å². The highest BCUT2D eigenvalue weighted by Gasteiger charge is 2.37. The van der Waals surface area contributed by atoms with E-state index >= 15 is 0 Å². The predicted octanol–water partition coefficient (Wildman–Crippen LogP) is 3.12. The van der Waals surface area contributed by atoms with Crippen molar-refractivity contribution in [1.29, 1.82) is 0 Å². The van der Waals surface area contributed by atoms with Gasteiger partial charge in [0.2, 0.25) is 0 Å². The molecule has 1 aromatic heterocycles. The van der Waals surface area contributed by atoms with Gasteiger partial charge in [-0.1, -0.05) is 11.6 Å². The highest BCUT2D eigenvalue weighted by atomic mass is 35.5. The fraction of sp³-hybridized carbons (Fsp3) is 0.429. The molecule has 2 N–H and O–H groups in total. The maximum atomic E-state index is 12.6. The van der Waals surface area contributed by atoms with Gasteiger partial charge in [-0.15, -0.1) is 0 Å². The molecule has 0 saturated carbocycles. The lowest BCUT2D eigenvalue weighted by Crippen LogP contribution is -2.57. The third-order valence-electron chi connectivity index (χ3n) is 5.57. The van der Waals surface area contributed by atoms with Crippen molar-refractivity contribution in [1.82, 2.24) is 15.2 Å². The van der Waals surface area contributed by atoms with Crippen molar-refractivity contribution in [3.63, 3.8) is 0 Å². The summed E-state index contributed by atoms with van der Waals surface area (Å²) in [5.41, 5.74) is 1.66. The second-order valence-electron chi connectivity index (χ2n) is 7.42. The Morgan fingerprint density at radius 1 is 1.24 bits per heavy atom. The van der Waals surface area contributed by atoms with Crippen molar-refractivity contribution in [2.24, 2.45) is 0 Å². The molecule has 8 heteroatoms. The molecule has 2 atom stereocenters. The van der Waals surface area contributed by atoms with Crippen LogP contribution in [0.2, 0.25) is 5.02 Å². The number of rotatable bonds is 5. The number of likely N-dealkylation sites (tertiary alicyclic amines) is 1. The maximum absolute atomic E-state index is 12.6. The van der Waals surface area contributed by atoms with E-state index < -0.39 is 0 Å². The van der Waals surface area contributed by atoms with Gasteiger partial charge in [-0.2, -0.15) is 0 Å². The van der Waals surface area contributed by atoms with Crippen LogP contribution in [0.4, 0.5) is 10.5 Å². The molecule has 0 spiro atoms. The van der Waals surface area contributed by atoms with Gasteiger partial charge in [-0.05, 0) is 42.8 Å². The molecule has 2 amide bonds. The summed E-state index contributed by atoms with van der Waals surface area (Å²) in [5, 5.41) is 6.66. The molecule has 1 aromatic carbocycles. The number of carbonyl (C=O) groups is 1. The van der Waals surface area contributed by atoms with Crippen LogP contribution in [0.3, 0.4) is 0 Å². The highest BCUT2D eigenvalue weighted by molar-refractivity contribution is 6.30. The van der Waals surface area contributed by atoms with Crippen LogP contribution in [0.5, 0.6) is 5.75 Å². The first-order valence-corrected chi connectivity index (χ1v) is 10.1. The number of carbonyl (C=O) groups excluding carboxylic acids is 1. The minimum atomic E-state index is -0.226. The van der Waals surface area contributed by atoms with Crippen molar-refractivity contribution in [2.75, 3.05) is 38.7 Å². The highest BCUT2D eigenvalue weighted by Crippen LogP contribution is 2.29. The zero-order valence-electron chi connectivity index (χ0n) is 16.3. The monoisotopic (exact) mass is 416 g/mol. The summed E-state index contributed by atoms with van der Waals surface area (Å²) in [6, 6.07) is 11.2. The Labute approximate surface area is 175 Å². The number of methoxy groups -OCH3 is 1. The van der Waals surface area contributed by atoms with E-state index in [2.05, 4.69) is 20.5 Å². The third-order valence-corrected chi connectivity index (χ3v) is 5.83. The Kier molecular flexibility index (Phi) is 6.18. The number of aromatic nitrogens is 1. The van der Waals surface area contributed by atoms with E-state index in [0.717, 1.165) is 44.2 Å². The van der Waals surface area contributed by atoms with Gasteiger partial charge in [-0.25, -0.2) is 4.79 Å². The fourth-order valence-corrected chi connectivity index (χ4v) is 3.94.